The van der Waals surface area contributed by atoms with Gasteiger partial charge in [0.05, 0.1) is 31.6 Å². The van der Waals surface area contributed by atoms with Crippen LogP contribution in [0, 0.1) is 0 Å². The van der Waals surface area contributed by atoms with Crippen molar-refractivity contribution in [1.82, 2.24) is 14.7 Å². The van der Waals surface area contributed by atoms with Crippen LogP contribution < -0.4 is 15.4 Å². The molecule has 2 amide bonds. The molecule has 0 spiro atoms. The zero-order valence-corrected chi connectivity index (χ0v) is 19.8. The summed E-state index contributed by atoms with van der Waals surface area (Å²) in [6.07, 6.45) is 0. The van der Waals surface area contributed by atoms with Crippen molar-refractivity contribution in [2.75, 3.05) is 37.9 Å². The molecular formula is C25H31N5O3. The molecule has 3 aromatic rings. The van der Waals surface area contributed by atoms with Gasteiger partial charge in [-0.2, -0.15) is 5.10 Å². The Morgan fingerprint density at radius 3 is 2.27 bits per heavy atom. The molecule has 0 aliphatic carbocycles. The minimum atomic E-state index is -0.232. The van der Waals surface area contributed by atoms with Crippen LogP contribution in [0.5, 0.6) is 5.75 Å². The number of rotatable bonds is 8. The van der Waals surface area contributed by atoms with E-state index >= 15 is 0 Å². The van der Waals surface area contributed by atoms with Crippen LogP contribution >= 0.6 is 0 Å². The minimum absolute atomic E-state index is 0.0519. The molecule has 0 bridgehead atoms. The molecule has 1 heterocycles. The zero-order valence-electron chi connectivity index (χ0n) is 19.8. The Balaban J connectivity index is 1.64. The summed E-state index contributed by atoms with van der Waals surface area (Å²) in [7, 11) is 3.29. The van der Waals surface area contributed by atoms with Gasteiger partial charge < -0.3 is 15.4 Å². The largest absolute Gasteiger partial charge is 0.497 e. The Labute approximate surface area is 194 Å². The summed E-state index contributed by atoms with van der Waals surface area (Å²) < 4.78 is 6.90. The minimum Gasteiger partial charge on any atom is -0.497 e. The molecule has 2 N–H and O–H groups in total. The highest BCUT2D eigenvalue weighted by Gasteiger charge is 2.22. The molecule has 0 unspecified atom stereocenters. The van der Waals surface area contributed by atoms with Crippen LogP contribution in [0.2, 0.25) is 0 Å². The van der Waals surface area contributed by atoms with Crippen LogP contribution in [0.15, 0.2) is 60.7 Å². The summed E-state index contributed by atoms with van der Waals surface area (Å²) in [6.45, 7) is 6.34. The van der Waals surface area contributed by atoms with Crippen molar-refractivity contribution in [2.24, 2.45) is 0 Å². The topological polar surface area (TPSA) is 88.5 Å². The summed E-state index contributed by atoms with van der Waals surface area (Å²) in [4.78, 5) is 26.8. The number of benzene rings is 2. The smallest absolute Gasteiger partial charge is 0.239 e. The number of ether oxygens (including phenoxy) is 1. The number of nitrogens with zero attached hydrogens (tertiary/aromatic N) is 3. The van der Waals surface area contributed by atoms with Gasteiger partial charge in [0.25, 0.3) is 0 Å². The number of likely N-dealkylation sites (N-methyl/N-ethyl adjacent to an activating group) is 1. The average Bonchev–Trinajstić information content (AvgIpc) is 3.18. The third kappa shape index (κ3) is 6.66. The molecule has 0 fully saturated rings. The number of carbonyl (C=O) groups is 2. The van der Waals surface area contributed by atoms with E-state index in [1.165, 1.54) is 0 Å². The number of nitrogens with one attached hydrogen (secondary N) is 2. The Morgan fingerprint density at radius 1 is 0.970 bits per heavy atom. The number of carbonyl (C=O) groups excluding carboxylic acids is 2. The maximum atomic E-state index is 12.7. The fourth-order valence-corrected chi connectivity index (χ4v) is 3.23. The van der Waals surface area contributed by atoms with Crippen LogP contribution in [-0.2, 0) is 15.0 Å². The number of hydrogen-bond acceptors (Lipinski definition) is 5. The van der Waals surface area contributed by atoms with Crippen molar-refractivity contribution in [3.05, 3.63) is 66.4 Å². The summed E-state index contributed by atoms with van der Waals surface area (Å²) in [5.41, 5.74) is 2.19. The first-order valence-corrected chi connectivity index (χ1v) is 10.7. The van der Waals surface area contributed by atoms with Gasteiger partial charge in [0.2, 0.25) is 11.8 Å². The van der Waals surface area contributed by atoms with Crippen molar-refractivity contribution in [3.63, 3.8) is 0 Å². The molecule has 8 heteroatoms. The van der Waals surface area contributed by atoms with E-state index in [2.05, 4.69) is 31.4 Å². The normalized spacial score (nSPS) is 11.3. The first-order chi connectivity index (χ1) is 15.7. The zero-order chi connectivity index (χ0) is 24.0. The highest BCUT2D eigenvalue weighted by Crippen LogP contribution is 2.26. The van der Waals surface area contributed by atoms with E-state index in [1.54, 1.807) is 48.0 Å². The average molecular weight is 450 g/mol. The number of anilines is 2. The number of hydrogen-bond donors (Lipinski definition) is 2. The second kappa shape index (κ2) is 10.3. The summed E-state index contributed by atoms with van der Waals surface area (Å²) in [6, 6.07) is 18.7. The molecular weight excluding hydrogens is 418 g/mol. The fourth-order valence-electron chi connectivity index (χ4n) is 3.23. The second-order valence-electron chi connectivity index (χ2n) is 8.91. The number of aromatic nitrogens is 2. The van der Waals surface area contributed by atoms with Gasteiger partial charge >= 0.3 is 0 Å². The van der Waals surface area contributed by atoms with Gasteiger partial charge in [0.1, 0.15) is 11.6 Å². The van der Waals surface area contributed by atoms with Crippen molar-refractivity contribution >= 4 is 23.3 Å². The number of methoxy groups -OCH3 is 1. The molecule has 0 aliphatic rings. The van der Waals surface area contributed by atoms with Crippen LogP contribution in [0.3, 0.4) is 0 Å². The third-order valence-electron chi connectivity index (χ3n) is 4.93. The van der Waals surface area contributed by atoms with E-state index in [9.17, 15) is 9.59 Å². The SMILES string of the molecule is COc1cccc(NC(=O)CN(C)CC(=O)Nc2cc(C(C)(C)C)nn2-c2ccccc2)c1. The molecule has 0 saturated carbocycles. The maximum Gasteiger partial charge on any atom is 0.239 e. The van der Waals surface area contributed by atoms with Crippen molar-refractivity contribution in [2.45, 2.75) is 26.2 Å². The highest BCUT2D eigenvalue weighted by molar-refractivity contribution is 5.94. The standard InChI is InChI=1S/C25H31N5O3/c1-25(2,3)21-15-22(30(28-21)19-11-7-6-8-12-19)27-24(32)17-29(4)16-23(31)26-18-10-9-13-20(14-18)33-5/h6-15H,16-17H2,1-5H3,(H,26,31)(H,27,32). The summed E-state index contributed by atoms with van der Waals surface area (Å²) in [5.74, 6) is 0.794. The van der Waals surface area contributed by atoms with E-state index in [0.29, 0.717) is 17.3 Å². The van der Waals surface area contributed by atoms with E-state index in [-0.39, 0.29) is 30.3 Å². The first-order valence-electron chi connectivity index (χ1n) is 10.7. The number of para-hydroxylation sites is 1. The van der Waals surface area contributed by atoms with E-state index in [1.807, 2.05) is 36.4 Å². The fraction of sp³-hybridized carbons (Fsp3) is 0.320. The van der Waals surface area contributed by atoms with Gasteiger partial charge in [-0.1, -0.05) is 45.0 Å². The Kier molecular flexibility index (Phi) is 7.50. The van der Waals surface area contributed by atoms with E-state index in [0.717, 1.165) is 11.4 Å². The van der Waals surface area contributed by atoms with Crippen LogP contribution in [0.1, 0.15) is 26.5 Å². The molecule has 0 saturated heterocycles. The van der Waals surface area contributed by atoms with Gasteiger partial charge in [0, 0.05) is 23.2 Å². The van der Waals surface area contributed by atoms with Gasteiger partial charge in [-0.25, -0.2) is 4.68 Å². The number of amides is 2. The van der Waals surface area contributed by atoms with Crippen LogP contribution in [0.25, 0.3) is 5.69 Å². The Morgan fingerprint density at radius 2 is 1.64 bits per heavy atom. The predicted octanol–water partition coefficient (Wildman–Crippen LogP) is 3.69. The van der Waals surface area contributed by atoms with E-state index < -0.39 is 0 Å². The van der Waals surface area contributed by atoms with Gasteiger partial charge in [-0.05, 0) is 31.3 Å². The van der Waals surface area contributed by atoms with Crippen LogP contribution in [-0.4, -0.2) is 53.7 Å². The molecule has 0 atom stereocenters. The highest BCUT2D eigenvalue weighted by atomic mass is 16.5. The monoisotopic (exact) mass is 449 g/mol. The molecule has 0 aliphatic heterocycles. The molecule has 8 nitrogen and oxygen atoms in total. The Hall–Kier alpha value is -3.65. The first kappa shape index (κ1) is 24.0. The van der Waals surface area contributed by atoms with Crippen LogP contribution in [0.4, 0.5) is 11.5 Å². The van der Waals surface area contributed by atoms with Crippen molar-refractivity contribution < 1.29 is 14.3 Å². The van der Waals surface area contributed by atoms with Gasteiger partial charge in [0.15, 0.2) is 0 Å². The predicted molar refractivity (Wildman–Crippen MR) is 130 cm³/mol. The van der Waals surface area contributed by atoms with Crippen molar-refractivity contribution in [1.29, 1.82) is 0 Å². The van der Waals surface area contributed by atoms with Gasteiger partial charge in [-0.15, -0.1) is 0 Å². The third-order valence-corrected chi connectivity index (χ3v) is 4.93. The second-order valence-corrected chi connectivity index (χ2v) is 8.91. The molecule has 1 aromatic heterocycles. The molecule has 2 aromatic carbocycles. The lowest BCUT2D eigenvalue weighted by atomic mass is 9.92. The summed E-state index contributed by atoms with van der Waals surface area (Å²) >= 11 is 0. The molecule has 33 heavy (non-hydrogen) atoms. The lowest BCUT2D eigenvalue weighted by molar-refractivity contribution is -0.119. The maximum absolute atomic E-state index is 12.7. The van der Waals surface area contributed by atoms with Crippen molar-refractivity contribution in [3.8, 4) is 11.4 Å². The summed E-state index contributed by atoms with van der Waals surface area (Å²) in [5, 5.41) is 10.5. The van der Waals surface area contributed by atoms with Gasteiger partial charge in [-0.3, -0.25) is 14.5 Å². The molecule has 3 rings (SSSR count). The van der Waals surface area contributed by atoms with E-state index in [4.69, 9.17) is 9.84 Å². The lowest BCUT2D eigenvalue weighted by Gasteiger charge is -2.16. The molecule has 174 valence electrons. The lowest BCUT2D eigenvalue weighted by Crippen LogP contribution is -2.36. The molecule has 0 radical (unpaired) electrons. The Bertz CT molecular complexity index is 1100. The quantitative estimate of drug-likeness (QED) is 0.548.